The highest BCUT2D eigenvalue weighted by molar-refractivity contribution is 5.91. The van der Waals surface area contributed by atoms with E-state index < -0.39 is 0 Å². The molecule has 1 aliphatic rings. The molecule has 134 valence electrons. The van der Waals surface area contributed by atoms with Crippen molar-refractivity contribution in [3.8, 4) is 5.69 Å². The average Bonchev–Trinajstić information content (AvgIpc) is 3.22. The molecule has 2 amide bonds. The summed E-state index contributed by atoms with van der Waals surface area (Å²) < 4.78 is 7.52. The number of amides is 2. The molecular weight excluding hydrogens is 316 g/mol. The van der Waals surface area contributed by atoms with Crippen LogP contribution in [0.5, 0.6) is 0 Å². The fourth-order valence-corrected chi connectivity index (χ4v) is 3.22. The zero-order valence-corrected chi connectivity index (χ0v) is 15.2. The summed E-state index contributed by atoms with van der Waals surface area (Å²) in [6.45, 7) is 8.03. The van der Waals surface area contributed by atoms with Crippen LogP contribution < -0.4 is 5.32 Å². The van der Waals surface area contributed by atoms with E-state index in [0.717, 1.165) is 42.2 Å². The van der Waals surface area contributed by atoms with E-state index in [9.17, 15) is 4.79 Å². The lowest BCUT2D eigenvalue weighted by Gasteiger charge is -2.25. The number of nitrogens with zero attached hydrogens (tertiary/aromatic N) is 3. The third kappa shape index (κ3) is 4.02. The first-order valence-electron chi connectivity index (χ1n) is 8.88. The van der Waals surface area contributed by atoms with Crippen molar-refractivity contribution in [2.24, 2.45) is 0 Å². The molecule has 0 spiro atoms. The van der Waals surface area contributed by atoms with E-state index in [1.54, 1.807) is 4.90 Å². The Labute approximate surface area is 148 Å². The van der Waals surface area contributed by atoms with Crippen LogP contribution >= 0.6 is 0 Å². The maximum Gasteiger partial charge on any atom is 0.321 e. The molecule has 0 saturated carbocycles. The summed E-state index contributed by atoms with van der Waals surface area (Å²) in [6, 6.07) is 9.66. The summed E-state index contributed by atoms with van der Waals surface area (Å²) in [4.78, 5) is 14.5. The Morgan fingerprint density at radius 1 is 1.40 bits per heavy atom. The molecule has 0 aliphatic carbocycles. The van der Waals surface area contributed by atoms with Crippen LogP contribution in [0, 0.1) is 13.8 Å². The van der Waals surface area contributed by atoms with Gasteiger partial charge in [-0.15, -0.1) is 0 Å². The number of carbonyl (C=O) groups is 1. The number of carbonyl (C=O) groups excluding carboxylic acids is 1. The monoisotopic (exact) mass is 342 g/mol. The van der Waals surface area contributed by atoms with Gasteiger partial charge in [0.05, 0.1) is 23.2 Å². The normalized spacial score (nSPS) is 16.8. The van der Waals surface area contributed by atoms with Crippen LogP contribution in [0.15, 0.2) is 30.3 Å². The number of rotatable bonds is 5. The van der Waals surface area contributed by atoms with Crippen molar-refractivity contribution in [3.05, 3.63) is 41.7 Å². The van der Waals surface area contributed by atoms with Gasteiger partial charge in [-0.05, 0) is 51.8 Å². The molecule has 1 fully saturated rings. The average molecular weight is 342 g/mol. The van der Waals surface area contributed by atoms with Crippen molar-refractivity contribution in [1.29, 1.82) is 0 Å². The first kappa shape index (κ1) is 17.5. The van der Waals surface area contributed by atoms with Crippen molar-refractivity contribution in [3.63, 3.8) is 0 Å². The number of nitrogens with one attached hydrogen (secondary N) is 1. The largest absolute Gasteiger partial charge is 0.376 e. The summed E-state index contributed by atoms with van der Waals surface area (Å²) in [6.07, 6.45) is 2.24. The second-order valence-electron chi connectivity index (χ2n) is 6.46. The number of aryl methyl sites for hydroxylation is 2. The zero-order valence-electron chi connectivity index (χ0n) is 15.2. The molecule has 25 heavy (non-hydrogen) atoms. The highest BCUT2D eigenvalue weighted by atomic mass is 16.5. The van der Waals surface area contributed by atoms with Gasteiger partial charge in [0.25, 0.3) is 0 Å². The van der Waals surface area contributed by atoms with Gasteiger partial charge in [0.1, 0.15) is 0 Å². The maximum absolute atomic E-state index is 12.7. The molecule has 3 rings (SSSR count). The van der Waals surface area contributed by atoms with Crippen molar-refractivity contribution < 1.29 is 9.53 Å². The first-order valence-corrected chi connectivity index (χ1v) is 8.88. The predicted octanol–water partition coefficient (Wildman–Crippen LogP) is 3.52. The minimum Gasteiger partial charge on any atom is -0.376 e. The number of hydrogen-bond donors (Lipinski definition) is 1. The summed E-state index contributed by atoms with van der Waals surface area (Å²) in [5.74, 6) is 0. The van der Waals surface area contributed by atoms with E-state index in [1.807, 2.05) is 55.8 Å². The number of hydrogen-bond acceptors (Lipinski definition) is 3. The van der Waals surface area contributed by atoms with Crippen LogP contribution in [0.3, 0.4) is 0 Å². The number of anilines is 1. The van der Waals surface area contributed by atoms with Crippen LogP contribution in [0.2, 0.25) is 0 Å². The van der Waals surface area contributed by atoms with Gasteiger partial charge in [0.2, 0.25) is 0 Å². The lowest BCUT2D eigenvalue weighted by Crippen LogP contribution is -2.40. The molecule has 0 bridgehead atoms. The van der Waals surface area contributed by atoms with Crippen LogP contribution in [0.1, 0.15) is 31.2 Å². The quantitative estimate of drug-likeness (QED) is 0.904. The van der Waals surface area contributed by atoms with Crippen molar-refractivity contribution in [2.45, 2.75) is 39.7 Å². The predicted molar refractivity (Wildman–Crippen MR) is 98.3 cm³/mol. The standard InChI is InChI=1S/C19H26N4O2/c1-4-22(13-16-8-7-11-25-16)19(24)20-17-9-5-6-10-18(17)23-15(3)12-14(2)21-23/h5-6,9-10,12,16H,4,7-8,11,13H2,1-3H3,(H,20,24). The Balaban J connectivity index is 1.77. The van der Waals surface area contributed by atoms with Gasteiger partial charge in [0.15, 0.2) is 0 Å². The third-order valence-corrected chi connectivity index (χ3v) is 4.50. The maximum atomic E-state index is 12.7. The number of aromatic nitrogens is 2. The number of likely N-dealkylation sites (N-methyl/N-ethyl adjacent to an activating group) is 1. The van der Waals surface area contributed by atoms with Gasteiger partial charge < -0.3 is 15.0 Å². The van der Waals surface area contributed by atoms with E-state index in [2.05, 4.69) is 10.4 Å². The molecule has 1 aliphatic heterocycles. The number of para-hydroxylation sites is 2. The highest BCUT2D eigenvalue weighted by Gasteiger charge is 2.22. The Morgan fingerprint density at radius 3 is 2.84 bits per heavy atom. The molecule has 1 aromatic heterocycles. The molecule has 6 heteroatoms. The molecule has 1 N–H and O–H groups in total. The zero-order chi connectivity index (χ0) is 17.8. The van der Waals surface area contributed by atoms with Crippen LogP contribution in [-0.2, 0) is 4.74 Å². The fraction of sp³-hybridized carbons (Fsp3) is 0.474. The lowest BCUT2D eigenvalue weighted by molar-refractivity contribution is 0.0849. The SMILES string of the molecule is CCN(CC1CCCO1)C(=O)Nc1ccccc1-n1nc(C)cc1C. The molecule has 0 radical (unpaired) electrons. The Bertz CT molecular complexity index is 735. The Hall–Kier alpha value is -2.34. The summed E-state index contributed by atoms with van der Waals surface area (Å²) >= 11 is 0. The summed E-state index contributed by atoms with van der Waals surface area (Å²) in [5.41, 5.74) is 3.61. The number of benzene rings is 1. The highest BCUT2D eigenvalue weighted by Crippen LogP contribution is 2.22. The number of urea groups is 1. The molecule has 2 aromatic rings. The fourth-order valence-electron chi connectivity index (χ4n) is 3.22. The van der Waals surface area contributed by atoms with E-state index in [4.69, 9.17) is 4.74 Å². The molecule has 1 aromatic carbocycles. The molecule has 6 nitrogen and oxygen atoms in total. The molecule has 2 heterocycles. The molecule has 1 unspecified atom stereocenters. The van der Waals surface area contributed by atoms with Gasteiger partial charge in [-0.25, -0.2) is 9.48 Å². The first-order chi connectivity index (χ1) is 12.1. The van der Waals surface area contributed by atoms with Crippen molar-refractivity contribution in [1.82, 2.24) is 14.7 Å². The third-order valence-electron chi connectivity index (χ3n) is 4.50. The minimum absolute atomic E-state index is 0.105. The van der Waals surface area contributed by atoms with Gasteiger partial charge in [-0.2, -0.15) is 5.10 Å². The summed E-state index contributed by atoms with van der Waals surface area (Å²) in [5, 5.41) is 7.57. The van der Waals surface area contributed by atoms with Crippen LogP contribution in [0.25, 0.3) is 5.69 Å². The number of ether oxygens (including phenoxy) is 1. The molecule has 1 saturated heterocycles. The second-order valence-corrected chi connectivity index (χ2v) is 6.46. The summed E-state index contributed by atoms with van der Waals surface area (Å²) in [7, 11) is 0. The van der Waals surface area contributed by atoms with Gasteiger partial charge >= 0.3 is 6.03 Å². The Kier molecular flexibility index (Phi) is 5.38. The lowest BCUT2D eigenvalue weighted by atomic mass is 10.2. The smallest absolute Gasteiger partial charge is 0.321 e. The van der Waals surface area contributed by atoms with Crippen LogP contribution in [-0.4, -0.2) is 46.5 Å². The van der Waals surface area contributed by atoms with Gasteiger partial charge in [-0.3, -0.25) is 0 Å². The second kappa shape index (κ2) is 7.70. The molecule has 1 atom stereocenters. The Morgan fingerprint density at radius 2 is 2.20 bits per heavy atom. The topological polar surface area (TPSA) is 59.4 Å². The van der Waals surface area contributed by atoms with Crippen molar-refractivity contribution >= 4 is 11.7 Å². The van der Waals surface area contributed by atoms with Crippen LogP contribution in [0.4, 0.5) is 10.5 Å². The van der Waals surface area contributed by atoms with E-state index in [0.29, 0.717) is 13.1 Å². The van der Waals surface area contributed by atoms with E-state index in [-0.39, 0.29) is 12.1 Å². The molecular formula is C19H26N4O2. The van der Waals surface area contributed by atoms with E-state index in [1.165, 1.54) is 0 Å². The van der Waals surface area contributed by atoms with E-state index >= 15 is 0 Å². The minimum atomic E-state index is -0.105. The van der Waals surface area contributed by atoms with Gasteiger partial charge in [0, 0.05) is 25.4 Å². The van der Waals surface area contributed by atoms with Gasteiger partial charge in [-0.1, -0.05) is 12.1 Å². The van der Waals surface area contributed by atoms with Crippen molar-refractivity contribution in [2.75, 3.05) is 25.0 Å².